The summed E-state index contributed by atoms with van der Waals surface area (Å²) in [5.74, 6) is 0.294. The highest BCUT2D eigenvalue weighted by atomic mass is 16.3. The first-order valence-corrected chi connectivity index (χ1v) is 8.36. The molecule has 1 aliphatic rings. The number of aromatic nitrogens is 3. The molecule has 0 bridgehead atoms. The molecule has 7 heteroatoms. The number of nitrogens with zero attached hydrogens (tertiary/aromatic N) is 3. The minimum absolute atomic E-state index is 0.102. The van der Waals surface area contributed by atoms with Crippen LogP contribution >= 0.6 is 0 Å². The number of hydrogen-bond acceptors (Lipinski definition) is 6. The Hall–Kier alpha value is -3.19. The van der Waals surface area contributed by atoms with E-state index < -0.39 is 0 Å². The third-order valence-electron chi connectivity index (χ3n) is 4.60. The second-order valence-corrected chi connectivity index (χ2v) is 6.32. The molecule has 3 N–H and O–H groups in total. The smallest absolute Gasteiger partial charge is 0.254 e. The van der Waals surface area contributed by atoms with Crippen LogP contribution in [0.1, 0.15) is 16.8 Å². The summed E-state index contributed by atoms with van der Waals surface area (Å²) in [6.07, 6.45) is 3.91. The van der Waals surface area contributed by atoms with Crippen LogP contribution < -0.4 is 5.56 Å². The van der Waals surface area contributed by atoms with Crippen LogP contribution in [0.5, 0.6) is 11.5 Å². The van der Waals surface area contributed by atoms with Crippen LogP contribution in [0.4, 0.5) is 0 Å². The van der Waals surface area contributed by atoms with Crippen molar-refractivity contribution >= 4 is 0 Å². The number of aromatic hydroxyl groups is 2. The van der Waals surface area contributed by atoms with E-state index in [0.29, 0.717) is 43.0 Å². The van der Waals surface area contributed by atoms with E-state index in [2.05, 4.69) is 19.9 Å². The van der Waals surface area contributed by atoms with Crippen LogP contribution in [-0.2, 0) is 19.5 Å². The molecular formula is C19H18N4O3. The van der Waals surface area contributed by atoms with Crippen molar-refractivity contribution in [1.82, 2.24) is 19.9 Å². The third kappa shape index (κ3) is 3.04. The standard InChI is InChI=1S/C19H18N4O3/c24-16-3-1-2-13(17(16)25)10-23-9-6-14-15(11-23)21-18(22-19(14)26)12-4-7-20-8-5-12/h1-5,7-8,24-25H,6,9-11H2,(H,21,22,26). The molecule has 0 radical (unpaired) electrons. The number of aromatic amines is 1. The highest BCUT2D eigenvalue weighted by Gasteiger charge is 2.22. The zero-order valence-corrected chi connectivity index (χ0v) is 14.0. The summed E-state index contributed by atoms with van der Waals surface area (Å²) in [5, 5.41) is 19.7. The van der Waals surface area contributed by atoms with Crippen molar-refractivity contribution in [1.29, 1.82) is 0 Å². The molecule has 1 aromatic carbocycles. The van der Waals surface area contributed by atoms with E-state index in [1.807, 2.05) is 0 Å². The molecule has 0 saturated heterocycles. The maximum atomic E-state index is 12.4. The van der Waals surface area contributed by atoms with Crippen LogP contribution in [-0.4, -0.2) is 36.6 Å². The van der Waals surface area contributed by atoms with Crippen molar-refractivity contribution in [2.45, 2.75) is 19.5 Å². The number of benzene rings is 1. The fraction of sp³-hybridized carbons (Fsp3) is 0.211. The molecule has 3 heterocycles. The largest absolute Gasteiger partial charge is 0.504 e. The molecule has 4 rings (SSSR count). The van der Waals surface area contributed by atoms with Gasteiger partial charge >= 0.3 is 0 Å². The van der Waals surface area contributed by atoms with Gasteiger partial charge in [0.15, 0.2) is 11.5 Å². The number of fused-ring (bicyclic) bond motifs is 1. The lowest BCUT2D eigenvalue weighted by Gasteiger charge is -2.28. The molecule has 0 fully saturated rings. The first kappa shape index (κ1) is 16.3. The number of pyridine rings is 1. The summed E-state index contributed by atoms with van der Waals surface area (Å²) in [6.45, 7) is 1.66. The maximum absolute atomic E-state index is 12.4. The maximum Gasteiger partial charge on any atom is 0.254 e. The van der Waals surface area contributed by atoms with E-state index >= 15 is 0 Å². The summed E-state index contributed by atoms with van der Waals surface area (Å²) >= 11 is 0. The Labute approximate surface area is 149 Å². The van der Waals surface area contributed by atoms with Crippen molar-refractivity contribution in [3.8, 4) is 22.9 Å². The molecule has 0 atom stereocenters. The number of nitrogens with one attached hydrogen (secondary N) is 1. The summed E-state index contributed by atoms with van der Waals surface area (Å²) in [4.78, 5) is 26.0. The fourth-order valence-electron chi connectivity index (χ4n) is 3.22. The Morgan fingerprint density at radius 1 is 1.15 bits per heavy atom. The highest BCUT2D eigenvalue weighted by Crippen LogP contribution is 2.30. The van der Waals surface area contributed by atoms with Crippen LogP contribution in [0.2, 0.25) is 0 Å². The number of para-hydroxylation sites is 1. The van der Waals surface area contributed by atoms with Gasteiger partial charge in [0.05, 0.1) is 5.69 Å². The van der Waals surface area contributed by atoms with E-state index in [1.165, 1.54) is 6.07 Å². The molecule has 7 nitrogen and oxygen atoms in total. The van der Waals surface area contributed by atoms with Crippen LogP contribution in [0.25, 0.3) is 11.4 Å². The number of phenolic OH excluding ortho intramolecular Hbond substituents is 2. The average Bonchev–Trinajstić information content (AvgIpc) is 2.66. The summed E-state index contributed by atoms with van der Waals surface area (Å²) in [7, 11) is 0. The lowest BCUT2D eigenvalue weighted by molar-refractivity contribution is 0.236. The van der Waals surface area contributed by atoms with E-state index in [-0.39, 0.29) is 17.1 Å². The second kappa shape index (κ2) is 6.61. The van der Waals surface area contributed by atoms with E-state index in [9.17, 15) is 15.0 Å². The molecule has 0 spiro atoms. The van der Waals surface area contributed by atoms with Crippen molar-refractivity contribution in [2.24, 2.45) is 0 Å². The number of hydrogen-bond donors (Lipinski definition) is 3. The van der Waals surface area contributed by atoms with E-state index in [0.717, 1.165) is 11.3 Å². The first-order chi connectivity index (χ1) is 12.6. The van der Waals surface area contributed by atoms with Gasteiger partial charge in [-0.3, -0.25) is 14.7 Å². The number of H-pyrrole nitrogens is 1. The SMILES string of the molecule is O=c1[nH]c(-c2ccncc2)nc2c1CCN(Cc1cccc(O)c1O)C2. The zero-order chi connectivity index (χ0) is 18.1. The third-order valence-corrected chi connectivity index (χ3v) is 4.60. The van der Waals surface area contributed by atoms with Crippen LogP contribution in [0.3, 0.4) is 0 Å². The molecule has 1 aliphatic heterocycles. The van der Waals surface area contributed by atoms with Gasteiger partial charge in [0.2, 0.25) is 0 Å². The van der Waals surface area contributed by atoms with E-state index in [4.69, 9.17) is 0 Å². The Morgan fingerprint density at radius 3 is 2.77 bits per heavy atom. The molecule has 0 saturated carbocycles. The van der Waals surface area contributed by atoms with Gasteiger partial charge in [0.1, 0.15) is 5.82 Å². The van der Waals surface area contributed by atoms with Crippen molar-refractivity contribution in [2.75, 3.05) is 6.54 Å². The monoisotopic (exact) mass is 350 g/mol. The number of rotatable bonds is 3. The average molecular weight is 350 g/mol. The van der Waals surface area contributed by atoms with Gasteiger partial charge in [-0.25, -0.2) is 4.98 Å². The normalized spacial score (nSPS) is 14.2. The second-order valence-electron chi connectivity index (χ2n) is 6.32. The highest BCUT2D eigenvalue weighted by molar-refractivity contribution is 5.54. The van der Waals surface area contributed by atoms with Crippen LogP contribution in [0, 0.1) is 0 Å². The van der Waals surface area contributed by atoms with Gasteiger partial charge in [0, 0.05) is 48.7 Å². The van der Waals surface area contributed by atoms with Crippen molar-refractivity contribution < 1.29 is 10.2 Å². The quantitative estimate of drug-likeness (QED) is 0.623. The van der Waals surface area contributed by atoms with Crippen molar-refractivity contribution in [3.63, 3.8) is 0 Å². The zero-order valence-electron chi connectivity index (χ0n) is 14.0. The van der Waals surface area contributed by atoms with Gasteiger partial charge in [0.25, 0.3) is 5.56 Å². The lowest BCUT2D eigenvalue weighted by atomic mass is 10.0. The Balaban J connectivity index is 1.63. The minimum atomic E-state index is -0.130. The molecular weight excluding hydrogens is 332 g/mol. The molecule has 2 aromatic heterocycles. The van der Waals surface area contributed by atoms with Gasteiger partial charge in [-0.2, -0.15) is 0 Å². The van der Waals surface area contributed by atoms with Gasteiger partial charge < -0.3 is 15.2 Å². The predicted octanol–water partition coefficient (Wildman–Crippen LogP) is 1.80. The Morgan fingerprint density at radius 2 is 1.96 bits per heavy atom. The number of phenols is 2. The van der Waals surface area contributed by atoms with Gasteiger partial charge in [-0.15, -0.1) is 0 Å². The summed E-state index contributed by atoms with van der Waals surface area (Å²) in [5.41, 5.74) is 2.79. The Kier molecular flexibility index (Phi) is 4.14. The van der Waals surface area contributed by atoms with Crippen LogP contribution in [0.15, 0.2) is 47.5 Å². The summed E-state index contributed by atoms with van der Waals surface area (Å²) in [6, 6.07) is 8.53. The molecule has 0 aliphatic carbocycles. The molecule has 132 valence electrons. The van der Waals surface area contributed by atoms with Crippen molar-refractivity contribution in [3.05, 3.63) is 69.9 Å². The summed E-state index contributed by atoms with van der Waals surface area (Å²) < 4.78 is 0. The Bertz CT molecular complexity index is 1000. The lowest BCUT2D eigenvalue weighted by Crippen LogP contribution is -2.35. The van der Waals surface area contributed by atoms with Gasteiger partial charge in [-0.1, -0.05) is 12.1 Å². The minimum Gasteiger partial charge on any atom is -0.504 e. The fourth-order valence-corrected chi connectivity index (χ4v) is 3.22. The topological polar surface area (TPSA) is 102 Å². The molecule has 3 aromatic rings. The molecule has 26 heavy (non-hydrogen) atoms. The van der Waals surface area contributed by atoms with E-state index in [1.54, 1.807) is 36.7 Å². The van der Waals surface area contributed by atoms with Gasteiger partial charge in [-0.05, 0) is 24.6 Å². The predicted molar refractivity (Wildman–Crippen MR) is 95.7 cm³/mol. The molecule has 0 unspecified atom stereocenters. The molecule has 0 amide bonds. The first-order valence-electron chi connectivity index (χ1n) is 8.36.